The van der Waals surface area contributed by atoms with Crippen molar-refractivity contribution in [1.29, 1.82) is 0 Å². The summed E-state index contributed by atoms with van der Waals surface area (Å²) in [5.74, 6) is 0.814. The van der Waals surface area contributed by atoms with E-state index in [1.807, 2.05) is 0 Å². The van der Waals surface area contributed by atoms with Gasteiger partial charge in [0.1, 0.15) is 0 Å². The van der Waals surface area contributed by atoms with Gasteiger partial charge in [-0.25, -0.2) is 0 Å². The summed E-state index contributed by atoms with van der Waals surface area (Å²) in [6, 6.07) is 2.53. The van der Waals surface area contributed by atoms with E-state index in [0.717, 1.165) is 24.0 Å². The molecule has 0 bridgehead atoms. The van der Waals surface area contributed by atoms with Gasteiger partial charge in [-0.3, -0.25) is 9.80 Å². The van der Waals surface area contributed by atoms with E-state index in [1.54, 1.807) is 0 Å². The molecule has 3 fully saturated rings. The summed E-state index contributed by atoms with van der Waals surface area (Å²) in [5, 5.41) is 3.71. The van der Waals surface area contributed by atoms with Crippen molar-refractivity contribution in [3.05, 3.63) is 0 Å². The minimum Gasteiger partial charge on any atom is -0.311 e. The average molecular weight is 251 g/mol. The van der Waals surface area contributed by atoms with Gasteiger partial charge in [-0.15, -0.1) is 0 Å². The van der Waals surface area contributed by atoms with Crippen molar-refractivity contribution in [2.24, 2.45) is 5.92 Å². The quantitative estimate of drug-likeness (QED) is 0.818. The van der Waals surface area contributed by atoms with Gasteiger partial charge in [-0.2, -0.15) is 0 Å². The Morgan fingerprint density at radius 2 is 1.83 bits per heavy atom. The predicted molar refractivity (Wildman–Crippen MR) is 75.8 cm³/mol. The van der Waals surface area contributed by atoms with E-state index in [4.69, 9.17) is 0 Å². The smallest absolute Gasteiger partial charge is 0.0236 e. The van der Waals surface area contributed by atoms with Gasteiger partial charge in [0, 0.05) is 50.8 Å². The van der Waals surface area contributed by atoms with Crippen molar-refractivity contribution in [3.8, 4) is 0 Å². The third-order valence-corrected chi connectivity index (χ3v) is 5.34. The fraction of sp³-hybridized carbons (Fsp3) is 1.00. The zero-order valence-corrected chi connectivity index (χ0v) is 12.1. The third kappa shape index (κ3) is 2.73. The van der Waals surface area contributed by atoms with Crippen LogP contribution >= 0.6 is 0 Å². The molecule has 3 atom stereocenters. The Morgan fingerprint density at radius 1 is 1.06 bits per heavy atom. The molecular formula is C15H29N3. The standard InChI is InChI=1S/C15H29N3/c1-3-12(2)15-11-18(9-7-16-15)14-6-8-17(10-14)13-4-5-13/h12-16H,3-11H2,1-2H3. The van der Waals surface area contributed by atoms with Crippen LogP contribution < -0.4 is 5.32 Å². The fourth-order valence-corrected chi connectivity index (χ4v) is 3.64. The van der Waals surface area contributed by atoms with Gasteiger partial charge in [-0.1, -0.05) is 20.3 Å². The molecule has 0 aromatic rings. The summed E-state index contributed by atoms with van der Waals surface area (Å²) in [4.78, 5) is 5.51. The van der Waals surface area contributed by atoms with Gasteiger partial charge >= 0.3 is 0 Å². The minimum atomic E-state index is 0.721. The van der Waals surface area contributed by atoms with Gasteiger partial charge < -0.3 is 5.32 Å². The maximum Gasteiger partial charge on any atom is 0.0236 e. The van der Waals surface area contributed by atoms with Crippen LogP contribution in [0, 0.1) is 5.92 Å². The number of nitrogens with zero attached hydrogens (tertiary/aromatic N) is 2. The lowest BCUT2D eigenvalue weighted by atomic mass is 9.96. The van der Waals surface area contributed by atoms with Crippen LogP contribution in [0.2, 0.25) is 0 Å². The summed E-state index contributed by atoms with van der Waals surface area (Å²) in [6.45, 7) is 11.1. The van der Waals surface area contributed by atoms with Gasteiger partial charge in [0.2, 0.25) is 0 Å². The molecule has 1 aliphatic carbocycles. The largest absolute Gasteiger partial charge is 0.311 e. The van der Waals surface area contributed by atoms with Crippen LogP contribution in [0.1, 0.15) is 39.5 Å². The van der Waals surface area contributed by atoms with E-state index in [1.165, 1.54) is 58.4 Å². The molecule has 3 heteroatoms. The molecular weight excluding hydrogens is 222 g/mol. The molecule has 3 rings (SSSR count). The van der Waals surface area contributed by atoms with Crippen molar-refractivity contribution in [2.45, 2.75) is 57.7 Å². The van der Waals surface area contributed by atoms with E-state index in [-0.39, 0.29) is 0 Å². The first-order valence-corrected chi connectivity index (χ1v) is 7.99. The third-order valence-electron chi connectivity index (χ3n) is 5.34. The average Bonchev–Trinajstić information content (AvgIpc) is 3.15. The highest BCUT2D eigenvalue weighted by molar-refractivity contribution is 4.95. The molecule has 2 aliphatic heterocycles. The summed E-state index contributed by atoms with van der Waals surface area (Å²) in [5.41, 5.74) is 0. The Bertz CT molecular complexity index is 277. The van der Waals surface area contributed by atoms with E-state index in [0.29, 0.717) is 0 Å². The van der Waals surface area contributed by atoms with Gasteiger partial charge in [-0.05, 0) is 25.2 Å². The van der Waals surface area contributed by atoms with E-state index >= 15 is 0 Å². The molecule has 0 aromatic carbocycles. The lowest BCUT2D eigenvalue weighted by Gasteiger charge is -2.39. The fourth-order valence-electron chi connectivity index (χ4n) is 3.64. The van der Waals surface area contributed by atoms with E-state index in [2.05, 4.69) is 29.0 Å². The molecule has 2 heterocycles. The first kappa shape index (κ1) is 12.9. The lowest BCUT2D eigenvalue weighted by Crippen LogP contribution is -2.56. The van der Waals surface area contributed by atoms with Gasteiger partial charge in [0.25, 0.3) is 0 Å². The number of rotatable bonds is 4. The molecule has 3 nitrogen and oxygen atoms in total. The molecule has 104 valence electrons. The molecule has 3 aliphatic rings. The molecule has 3 unspecified atom stereocenters. The van der Waals surface area contributed by atoms with Crippen LogP contribution in [0.15, 0.2) is 0 Å². The highest BCUT2D eigenvalue weighted by atomic mass is 15.3. The van der Waals surface area contributed by atoms with E-state index < -0.39 is 0 Å². The highest BCUT2D eigenvalue weighted by Gasteiger charge is 2.37. The zero-order chi connectivity index (χ0) is 12.5. The molecule has 0 aromatic heterocycles. The van der Waals surface area contributed by atoms with E-state index in [9.17, 15) is 0 Å². The molecule has 18 heavy (non-hydrogen) atoms. The van der Waals surface area contributed by atoms with Crippen molar-refractivity contribution in [3.63, 3.8) is 0 Å². The highest BCUT2D eigenvalue weighted by Crippen LogP contribution is 2.31. The summed E-state index contributed by atoms with van der Waals surface area (Å²) < 4.78 is 0. The molecule has 1 saturated carbocycles. The summed E-state index contributed by atoms with van der Waals surface area (Å²) >= 11 is 0. The molecule has 0 radical (unpaired) electrons. The Labute approximate surface area is 112 Å². The molecule has 2 saturated heterocycles. The van der Waals surface area contributed by atoms with Crippen molar-refractivity contribution >= 4 is 0 Å². The molecule has 1 N–H and O–H groups in total. The van der Waals surface area contributed by atoms with Crippen LogP contribution in [0.5, 0.6) is 0 Å². The van der Waals surface area contributed by atoms with Crippen LogP contribution in [-0.2, 0) is 0 Å². The second-order valence-corrected chi connectivity index (χ2v) is 6.61. The number of hydrogen-bond acceptors (Lipinski definition) is 3. The second-order valence-electron chi connectivity index (χ2n) is 6.61. The first-order valence-electron chi connectivity index (χ1n) is 7.99. The number of piperazine rings is 1. The summed E-state index contributed by atoms with van der Waals surface area (Å²) in [7, 11) is 0. The Balaban J connectivity index is 1.52. The van der Waals surface area contributed by atoms with Crippen LogP contribution in [0.25, 0.3) is 0 Å². The Hall–Kier alpha value is -0.120. The van der Waals surface area contributed by atoms with Crippen LogP contribution in [-0.4, -0.2) is 60.6 Å². The van der Waals surface area contributed by atoms with Crippen LogP contribution in [0.3, 0.4) is 0 Å². The molecule has 0 spiro atoms. The number of nitrogens with one attached hydrogen (secondary N) is 1. The number of hydrogen-bond donors (Lipinski definition) is 1. The SMILES string of the molecule is CCC(C)C1CN(C2CCN(C3CC3)C2)CCN1. The molecule has 0 amide bonds. The van der Waals surface area contributed by atoms with Crippen molar-refractivity contribution in [2.75, 3.05) is 32.7 Å². The Morgan fingerprint density at radius 3 is 2.56 bits per heavy atom. The lowest BCUT2D eigenvalue weighted by molar-refractivity contribution is 0.122. The first-order chi connectivity index (χ1) is 8.78. The van der Waals surface area contributed by atoms with Crippen molar-refractivity contribution < 1.29 is 0 Å². The topological polar surface area (TPSA) is 18.5 Å². The van der Waals surface area contributed by atoms with Gasteiger partial charge in [0.15, 0.2) is 0 Å². The summed E-state index contributed by atoms with van der Waals surface area (Å²) in [6.07, 6.45) is 5.63. The van der Waals surface area contributed by atoms with Crippen LogP contribution in [0.4, 0.5) is 0 Å². The normalized spacial score (nSPS) is 37.0. The number of likely N-dealkylation sites (tertiary alicyclic amines) is 1. The minimum absolute atomic E-state index is 0.721. The zero-order valence-electron chi connectivity index (χ0n) is 12.1. The predicted octanol–water partition coefficient (Wildman–Crippen LogP) is 1.54. The monoisotopic (exact) mass is 251 g/mol. The maximum atomic E-state index is 3.71. The van der Waals surface area contributed by atoms with Crippen molar-refractivity contribution in [1.82, 2.24) is 15.1 Å². The second kappa shape index (κ2) is 5.48. The Kier molecular flexibility index (Phi) is 3.92. The van der Waals surface area contributed by atoms with Gasteiger partial charge in [0.05, 0.1) is 0 Å². The maximum absolute atomic E-state index is 3.71.